The van der Waals surface area contributed by atoms with Crippen molar-refractivity contribution in [2.75, 3.05) is 13.7 Å². The Morgan fingerprint density at radius 2 is 2.26 bits per heavy atom. The molecule has 1 amide bonds. The van der Waals surface area contributed by atoms with E-state index in [0.29, 0.717) is 18.1 Å². The van der Waals surface area contributed by atoms with Gasteiger partial charge in [-0.05, 0) is 67.5 Å². The second kappa shape index (κ2) is 9.03. The minimum atomic E-state index is -1.01. The van der Waals surface area contributed by atoms with Crippen molar-refractivity contribution < 1.29 is 18.7 Å². The highest BCUT2D eigenvalue weighted by atomic mass is 127. The number of hydrogen-bond donors (Lipinski definition) is 1. The summed E-state index contributed by atoms with van der Waals surface area (Å²) in [7, 11) is 1.38. The van der Waals surface area contributed by atoms with E-state index in [2.05, 4.69) is 5.32 Å². The summed E-state index contributed by atoms with van der Waals surface area (Å²) in [6, 6.07) is 4.41. The molecule has 0 unspecified atom stereocenters. The number of nitrogens with one attached hydrogen (secondary N) is 1. The number of carbonyl (C=O) groups is 1. The third kappa shape index (κ3) is 5.20. The first kappa shape index (κ1) is 20.1. The van der Waals surface area contributed by atoms with Gasteiger partial charge in [0.05, 0.1) is 18.7 Å². The average molecular weight is 508 g/mol. The van der Waals surface area contributed by atoms with Crippen LogP contribution in [-0.2, 0) is 16.1 Å². The van der Waals surface area contributed by atoms with Gasteiger partial charge in [-0.25, -0.2) is 4.39 Å². The Kier molecular flexibility index (Phi) is 6.72. The molecule has 1 saturated carbocycles. The van der Waals surface area contributed by atoms with E-state index in [1.165, 1.54) is 19.2 Å². The minimum absolute atomic E-state index is 0.00903. The highest BCUT2D eigenvalue weighted by molar-refractivity contribution is 14.2. The first-order valence-corrected chi connectivity index (χ1v) is 10.9. The smallest absolute Gasteiger partial charge is 0.258 e. The van der Waals surface area contributed by atoms with E-state index in [-0.39, 0.29) is 28.8 Å². The number of halogens is 3. The van der Waals surface area contributed by atoms with E-state index >= 15 is 0 Å². The number of ether oxygens (including phenoxy) is 2. The van der Waals surface area contributed by atoms with Crippen LogP contribution >= 0.6 is 32.6 Å². The van der Waals surface area contributed by atoms with E-state index in [0.717, 1.165) is 16.1 Å². The number of amides is 1. The number of rotatable bonds is 7. The van der Waals surface area contributed by atoms with Crippen LogP contribution in [-0.4, -0.2) is 26.9 Å². The van der Waals surface area contributed by atoms with Gasteiger partial charge >= 0.3 is 0 Å². The zero-order chi connectivity index (χ0) is 19.4. The van der Waals surface area contributed by atoms with Crippen LogP contribution in [0, 0.1) is 16.9 Å². The van der Waals surface area contributed by atoms with Gasteiger partial charge in [-0.15, -0.1) is 0 Å². The zero-order valence-electron chi connectivity index (χ0n) is 14.5. The van der Waals surface area contributed by atoms with Crippen molar-refractivity contribution in [2.45, 2.75) is 19.4 Å². The van der Waals surface area contributed by atoms with Gasteiger partial charge in [0.1, 0.15) is 5.57 Å². The Bertz CT molecular complexity index is 824. The number of allylic oxidation sites excluding steroid dienone is 1. The van der Waals surface area contributed by atoms with Gasteiger partial charge in [-0.3, -0.25) is 4.79 Å². The molecule has 0 saturated heterocycles. The molecule has 1 aliphatic heterocycles. The van der Waals surface area contributed by atoms with Crippen molar-refractivity contribution in [3.63, 3.8) is 0 Å². The lowest BCUT2D eigenvalue weighted by atomic mass is 10.2. The highest BCUT2D eigenvalue weighted by Gasteiger charge is 2.26. The van der Waals surface area contributed by atoms with Crippen molar-refractivity contribution >= 4 is 42.5 Å². The number of benzene rings is 1. The number of hydroxylamine groups is 1. The molecule has 146 valence electrons. The van der Waals surface area contributed by atoms with Crippen LogP contribution < -0.4 is 10.1 Å². The summed E-state index contributed by atoms with van der Waals surface area (Å²) in [6.45, 7) is 0.462. The fourth-order valence-corrected chi connectivity index (χ4v) is 4.24. The summed E-state index contributed by atoms with van der Waals surface area (Å²) in [5, 5.41) is 15.1. The molecule has 6 nitrogen and oxygen atoms in total. The van der Waals surface area contributed by atoms with Crippen LogP contribution in [0.3, 0.4) is 0 Å². The van der Waals surface area contributed by atoms with Crippen molar-refractivity contribution in [2.24, 2.45) is 5.92 Å². The molecule has 0 radical (unpaired) electrons. The van der Waals surface area contributed by atoms with E-state index in [4.69, 9.17) is 21.1 Å². The molecule has 1 fully saturated rings. The van der Waals surface area contributed by atoms with Crippen LogP contribution in [0.5, 0.6) is 5.75 Å². The topological polar surface area (TPSA) is 73.9 Å². The predicted molar refractivity (Wildman–Crippen MR) is 110 cm³/mol. The second-order valence-electron chi connectivity index (χ2n) is 6.07. The molecule has 1 aliphatic carbocycles. The molecule has 9 heteroatoms. The largest absolute Gasteiger partial charge is 0.747 e. The van der Waals surface area contributed by atoms with Crippen molar-refractivity contribution in [3.8, 4) is 5.75 Å². The van der Waals surface area contributed by atoms with Crippen LogP contribution in [0.1, 0.15) is 18.4 Å². The quantitative estimate of drug-likeness (QED) is 0.450. The first-order valence-electron chi connectivity index (χ1n) is 8.27. The van der Waals surface area contributed by atoms with Crippen LogP contribution in [0.25, 0.3) is 0 Å². The van der Waals surface area contributed by atoms with Crippen LogP contribution in [0.2, 0.25) is 0 Å². The maximum Gasteiger partial charge on any atom is 0.258 e. The zero-order valence-corrected chi connectivity index (χ0v) is 17.4. The Balaban J connectivity index is 1.76. The molecule has 0 atom stereocenters. The maximum absolute atomic E-state index is 13.8. The van der Waals surface area contributed by atoms with Gasteiger partial charge in [-0.1, -0.05) is 17.7 Å². The summed E-state index contributed by atoms with van der Waals surface area (Å²) < 4.78 is 26.7. The number of carbonyl (C=O) groups excluding carboxylic acids is 1. The summed E-state index contributed by atoms with van der Waals surface area (Å²) in [6.07, 6.45) is 3.66. The standard InChI is InChI=1S/C18H18ClFIN2O4/c1-26-15-5-4-12(8-14(15)20)9-22-17(24)16-13(19)6-7-21-23(25)18(16)27-10-11-2-3-11/h4-8,11H,2-3,9-10H2,1H3,(H,22,24)/q-1. The van der Waals surface area contributed by atoms with Crippen molar-refractivity contribution in [1.29, 1.82) is 0 Å². The third-order valence-electron chi connectivity index (χ3n) is 4.02. The summed E-state index contributed by atoms with van der Waals surface area (Å²) >= 11 is 5.22. The molecule has 27 heavy (non-hydrogen) atoms. The lowest BCUT2D eigenvalue weighted by Gasteiger charge is -2.28. The average Bonchev–Trinajstić information content (AvgIpc) is 3.47. The summed E-state index contributed by atoms with van der Waals surface area (Å²) in [5.41, 5.74) is 0.559. The SMILES string of the molecule is COc1ccc(CNC(=O)C2=C(OCC3CC3)N([O-])I=CC=C2Cl)cc1F. The molecule has 2 aliphatic rings. The molecule has 1 heterocycles. The normalized spacial score (nSPS) is 17.0. The van der Waals surface area contributed by atoms with Gasteiger partial charge < -0.3 is 23.3 Å². The lowest BCUT2D eigenvalue weighted by molar-refractivity contribution is -0.117. The Labute approximate surface area is 171 Å². The van der Waals surface area contributed by atoms with Gasteiger partial charge in [0.15, 0.2) is 11.6 Å². The molecule has 3 rings (SSSR count). The number of methoxy groups -OCH3 is 1. The molecular weight excluding hydrogens is 490 g/mol. The van der Waals surface area contributed by atoms with Gasteiger partial charge in [0.2, 0.25) is 5.88 Å². The molecule has 0 bridgehead atoms. The van der Waals surface area contributed by atoms with E-state index in [9.17, 15) is 14.4 Å². The van der Waals surface area contributed by atoms with Crippen LogP contribution in [0.15, 0.2) is 40.8 Å². The van der Waals surface area contributed by atoms with Crippen LogP contribution in [0.4, 0.5) is 4.39 Å². The first-order chi connectivity index (χ1) is 13.0. The monoisotopic (exact) mass is 507 g/mol. The fourth-order valence-electron chi connectivity index (χ4n) is 2.35. The number of hydrogen-bond acceptors (Lipinski definition) is 5. The predicted octanol–water partition coefficient (Wildman–Crippen LogP) is 3.71. The molecule has 0 aromatic heterocycles. The number of nitrogens with zero attached hydrogens (tertiary/aromatic N) is 1. The third-order valence-corrected chi connectivity index (χ3v) is 5.96. The summed E-state index contributed by atoms with van der Waals surface area (Å²) in [4.78, 5) is 12.7. The van der Waals surface area contributed by atoms with Crippen molar-refractivity contribution in [3.05, 3.63) is 57.4 Å². The Morgan fingerprint density at radius 1 is 1.48 bits per heavy atom. The molecule has 1 N–H and O–H groups in total. The van der Waals surface area contributed by atoms with Gasteiger partial charge in [-0.2, -0.15) is 0 Å². The lowest BCUT2D eigenvalue weighted by Crippen LogP contribution is -2.28. The fraction of sp³-hybridized carbons (Fsp3) is 0.333. The molecular formula is C18H18ClFIN2O4-. The van der Waals surface area contributed by atoms with Gasteiger partial charge in [0, 0.05) is 6.54 Å². The highest BCUT2D eigenvalue weighted by Crippen LogP contribution is 2.33. The van der Waals surface area contributed by atoms with E-state index in [1.807, 2.05) is 0 Å². The second-order valence-corrected chi connectivity index (χ2v) is 8.63. The molecule has 1 aromatic carbocycles. The molecule has 1 aromatic rings. The summed E-state index contributed by atoms with van der Waals surface area (Å²) in [5.74, 6) is -0.554. The molecule has 0 spiro atoms. The minimum Gasteiger partial charge on any atom is -0.747 e. The van der Waals surface area contributed by atoms with Crippen molar-refractivity contribution in [1.82, 2.24) is 8.59 Å². The maximum atomic E-state index is 13.8. The Hall–Kier alpha value is -1.65. The Morgan fingerprint density at radius 3 is 2.93 bits per heavy atom. The van der Waals surface area contributed by atoms with E-state index in [1.54, 1.807) is 16.2 Å². The van der Waals surface area contributed by atoms with Gasteiger partial charge in [0.25, 0.3) is 5.91 Å². The van der Waals surface area contributed by atoms with E-state index < -0.39 is 32.7 Å².